The second-order valence-corrected chi connectivity index (χ2v) is 4.54. The highest BCUT2D eigenvalue weighted by molar-refractivity contribution is 5.91. The van der Waals surface area contributed by atoms with Crippen LogP contribution in [-0.2, 0) is 4.79 Å². The molecule has 0 spiro atoms. The van der Waals surface area contributed by atoms with Gasteiger partial charge in [0.15, 0.2) is 5.69 Å². The van der Waals surface area contributed by atoms with Crippen LogP contribution in [0.4, 0.5) is 5.82 Å². The van der Waals surface area contributed by atoms with Crippen molar-refractivity contribution in [2.75, 3.05) is 26.0 Å². The molecule has 0 bridgehead atoms. The molecule has 0 aliphatic carbocycles. The Morgan fingerprint density at radius 2 is 2.21 bits per heavy atom. The van der Waals surface area contributed by atoms with Crippen LogP contribution in [0, 0.1) is 0 Å². The number of nitrogens with one attached hydrogen (secondary N) is 2. The summed E-state index contributed by atoms with van der Waals surface area (Å²) in [7, 11) is 3.33. The van der Waals surface area contributed by atoms with Gasteiger partial charge in [-0.05, 0) is 18.6 Å². The van der Waals surface area contributed by atoms with Crippen LogP contribution in [-0.4, -0.2) is 53.6 Å². The molecular weight excluding hydrogens is 246 g/mol. The van der Waals surface area contributed by atoms with Crippen LogP contribution in [0.1, 0.15) is 23.3 Å². The smallest absolute Gasteiger partial charge is 0.271 e. The highest BCUT2D eigenvalue weighted by Crippen LogP contribution is 2.14. The summed E-state index contributed by atoms with van der Waals surface area (Å²) in [6.45, 7) is 0.651. The Labute approximate surface area is 111 Å². The van der Waals surface area contributed by atoms with Crippen molar-refractivity contribution in [2.45, 2.75) is 18.9 Å². The van der Waals surface area contributed by atoms with Crippen LogP contribution in [0.2, 0.25) is 0 Å². The summed E-state index contributed by atoms with van der Waals surface area (Å²) in [6, 6.07) is 3.50. The lowest BCUT2D eigenvalue weighted by Crippen LogP contribution is -2.43. The summed E-state index contributed by atoms with van der Waals surface area (Å²) in [5, 5.41) is 13.5. The quantitative estimate of drug-likeness (QED) is 0.793. The number of carbonyl (C=O) groups excluding carboxylic acids is 2. The fraction of sp³-hybridized carbons (Fsp3) is 0.500. The Kier molecular flexibility index (Phi) is 3.94. The molecule has 1 saturated heterocycles. The van der Waals surface area contributed by atoms with Crippen molar-refractivity contribution >= 4 is 17.6 Å². The molecule has 1 aliphatic rings. The van der Waals surface area contributed by atoms with E-state index in [-0.39, 0.29) is 23.6 Å². The lowest BCUT2D eigenvalue weighted by molar-refractivity contribution is -0.132. The van der Waals surface area contributed by atoms with Gasteiger partial charge in [-0.25, -0.2) is 0 Å². The Hall–Kier alpha value is -2.18. The maximum atomic E-state index is 11.4. The summed E-state index contributed by atoms with van der Waals surface area (Å²) in [4.78, 5) is 24.4. The zero-order valence-corrected chi connectivity index (χ0v) is 11.0. The van der Waals surface area contributed by atoms with E-state index in [1.54, 1.807) is 31.1 Å². The van der Waals surface area contributed by atoms with Crippen molar-refractivity contribution in [1.29, 1.82) is 0 Å². The first kappa shape index (κ1) is 13.3. The van der Waals surface area contributed by atoms with Crippen molar-refractivity contribution in [1.82, 2.24) is 20.4 Å². The molecule has 102 valence electrons. The number of hydrogen-bond donors (Lipinski definition) is 2. The standard InChI is InChI=1S/C12H17N5O2/c1-13-12(19)9-4-5-10(16-15-9)14-8-3-6-11(18)17(2)7-8/h4-5,8H,3,6-7H2,1-2H3,(H,13,19)(H,14,16). The van der Waals surface area contributed by atoms with Crippen molar-refractivity contribution in [3.05, 3.63) is 17.8 Å². The molecule has 0 aromatic carbocycles. The minimum absolute atomic E-state index is 0.166. The Balaban J connectivity index is 1.96. The van der Waals surface area contributed by atoms with Gasteiger partial charge in [-0.3, -0.25) is 9.59 Å². The van der Waals surface area contributed by atoms with E-state index >= 15 is 0 Å². The zero-order chi connectivity index (χ0) is 13.8. The lowest BCUT2D eigenvalue weighted by Gasteiger charge is -2.30. The molecule has 1 aliphatic heterocycles. The molecule has 1 aromatic heterocycles. The summed E-state index contributed by atoms with van der Waals surface area (Å²) in [6.07, 6.45) is 1.32. The molecule has 2 N–H and O–H groups in total. The van der Waals surface area contributed by atoms with E-state index in [0.717, 1.165) is 6.42 Å². The highest BCUT2D eigenvalue weighted by atomic mass is 16.2. The number of aromatic nitrogens is 2. The third kappa shape index (κ3) is 3.18. The number of likely N-dealkylation sites (N-methyl/N-ethyl adjacent to an activating group) is 1. The monoisotopic (exact) mass is 263 g/mol. The summed E-state index contributed by atoms with van der Waals surface area (Å²) < 4.78 is 0. The van der Waals surface area contributed by atoms with E-state index in [1.165, 1.54) is 0 Å². The van der Waals surface area contributed by atoms with Crippen LogP contribution in [0.5, 0.6) is 0 Å². The van der Waals surface area contributed by atoms with Crippen LogP contribution in [0.25, 0.3) is 0 Å². The van der Waals surface area contributed by atoms with E-state index in [4.69, 9.17) is 0 Å². The maximum absolute atomic E-state index is 11.4. The van der Waals surface area contributed by atoms with E-state index < -0.39 is 0 Å². The first-order chi connectivity index (χ1) is 9.10. The van der Waals surface area contributed by atoms with Gasteiger partial charge in [0.05, 0.1) is 0 Å². The fourth-order valence-corrected chi connectivity index (χ4v) is 2.00. The van der Waals surface area contributed by atoms with Gasteiger partial charge in [-0.2, -0.15) is 0 Å². The molecular formula is C12H17N5O2. The van der Waals surface area contributed by atoms with Gasteiger partial charge < -0.3 is 15.5 Å². The highest BCUT2D eigenvalue weighted by Gasteiger charge is 2.22. The van der Waals surface area contributed by atoms with Gasteiger partial charge in [0.1, 0.15) is 5.82 Å². The molecule has 7 nitrogen and oxygen atoms in total. The topological polar surface area (TPSA) is 87.2 Å². The molecule has 2 heterocycles. The van der Waals surface area contributed by atoms with Gasteiger partial charge in [-0.15, -0.1) is 10.2 Å². The average molecular weight is 263 g/mol. The summed E-state index contributed by atoms with van der Waals surface area (Å²) >= 11 is 0. The molecule has 0 radical (unpaired) electrons. The van der Waals surface area contributed by atoms with Crippen LogP contribution in [0.3, 0.4) is 0 Å². The minimum atomic E-state index is -0.262. The van der Waals surface area contributed by atoms with Crippen LogP contribution >= 0.6 is 0 Å². The number of carbonyl (C=O) groups is 2. The number of piperidine rings is 1. The first-order valence-corrected chi connectivity index (χ1v) is 6.16. The molecule has 1 aromatic rings. The SMILES string of the molecule is CNC(=O)c1ccc(NC2CCC(=O)N(C)C2)nn1. The van der Waals surface area contributed by atoms with Gasteiger partial charge >= 0.3 is 0 Å². The number of rotatable bonds is 3. The van der Waals surface area contributed by atoms with E-state index in [1.807, 2.05) is 0 Å². The lowest BCUT2D eigenvalue weighted by atomic mass is 10.1. The van der Waals surface area contributed by atoms with Crippen molar-refractivity contribution in [3.63, 3.8) is 0 Å². The fourth-order valence-electron chi connectivity index (χ4n) is 2.00. The number of nitrogens with zero attached hydrogens (tertiary/aromatic N) is 3. The van der Waals surface area contributed by atoms with Gasteiger partial charge in [0.25, 0.3) is 5.91 Å². The molecule has 1 atom stereocenters. The average Bonchev–Trinajstić information content (AvgIpc) is 2.43. The number of anilines is 1. The number of hydrogen-bond acceptors (Lipinski definition) is 5. The predicted molar refractivity (Wildman–Crippen MR) is 69.7 cm³/mol. The zero-order valence-electron chi connectivity index (χ0n) is 11.0. The second kappa shape index (κ2) is 5.64. The number of amides is 2. The van der Waals surface area contributed by atoms with E-state index in [0.29, 0.717) is 18.8 Å². The van der Waals surface area contributed by atoms with Crippen LogP contribution in [0.15, 0.2) is 12.1 Å². The second-order valence-electron chi connectivity index (χ2n) is 4.54. The largest absolute Gasteiger partial charge is 0.364 e. The first-order valence-electron chi connectivity index (χ1n) is 6.16. The minimum Gasteiger partial charge on any atom is -0.364 e. The summed E-state index contributed by atoms with van der Waals surface area (Å²) in [5.74, 6) is 0.515. The molecule has 1 fully saturated rings. The Morgan fingerprint density at radius 3 is 2.79 bits per heavy atom. The molecule has 0 saturated carbocycles. The third-order valence-electron chi connectivity index (χ3n) is 3.10. The summed E-state index contributed by atoms with van der Waals surface area (Å²) in [5.41, 5.74) is 0.281. The molecule has 7 heteroatoms. The molecule has 2 rings (SSSR count). The van der Waals surface area contributed by atoms with E-state index in [9.17, 15) is 9.59 Å². The van der Waals surface area contributed by atoms with Gasteiger partial charge in [0, 0.05) is 33.1 Å². The van der Waals surface area contributed by atoms with Crippen molar-refractivity contribution in [2.24, 2.45) is 0 Å². The molecule has 2 amide bonds. The van der Waals surface area contributed by atoms with Crippen molar-refractivity contribution in [3.8, 4) is 0 Å². The van der Waals surface area contributed by atoms with Gasteiger partial charge in [0.2, 0.25) is 5.91 Å². The normalized spacial score (nSPS) is 19.2. The van der Waals surface area contributed by atoms with Gasteiger partial charge in [-0.1, -0.05) is 0 Å². The Morgan fingerprint density at radius 1 is 1.42 bits per heavy atom. The molecule has 19 heavy (non-hydrogen) atoms. The maximum Gasteiger partial charge on any atom is 0.271 e. The van der Waals surface area contributed by atoms with Crippen LogP contribution < -0.4 is 10.6 Å². The third-order valence-corrected chi connectivity index (χ3v) is 3.10. The van der Waals surface area contributed by atoms with E-state index in [2.05, 4.69) is 20.8 Å². The number of likely N-dealkylation sites (tertiary alicyclic amines) is 1. The predicted octanol–water partition coefficient (Wildman–Crippen LogP) is -0.131. The van der Waals surface area contributed by atoms with Crippen molar-refractivity contribution < 1.29 is 9.59 Å². The molecule has 1 unspecified atom stereocenters. The Bertz CT molecular complexity index is 474.